The molecule has 2 N–H and O–H groups in total. The predicted octanol–water partition coefficient (Wildman–Crippen LogP) is 4.09. The summed E-state index contributed by atoms with van der Waals surface area (Å²) in [6.45, 7) is 0. The van der Waals surface area contributed by atoms with Gasteiger partial charge in [-0.3, -0.25) is 0 Å². The monoisotopic (exact) mass is 364 g/mol. The molecule has 2 aromatic carbocycles. The summed E-state index contributed by atoms with van der Waals surface area (Å²) in [6.07, 6.45) is 0. The van der Waals surface area contributed by atoms with Crippen LogP contribution in [-0.4, -0.2) is 28.2 Å². The zero-order valence-electron chi connectivity index (χ0n) is 12.8. The highest BCUT2D eigenvalue weighted by Gasteiger charge is 2.25. The molecular formula is C17H11ClF2N2O3. The number of carbonyl (C=O) groups is 1. The lowest BCUT2D eigenvalue weighted by atomic mass is 10.1. The number of para-hydroxylation sites is 2. The van der Waals surface area contributed by atoms with Crippen LogP contribution in [0.5, 0.6) is 0 Å². The number of nitrogens with zero attached hydrogens (tertiary/aromatic N) is 1. The molecule has 1 aromatic heterocycles. The number of ether oxygens (including phenoxy) is 1. The van der Waals surface area contributed by atoms with Crippen LogP contribution in [0.25, 0.3) is 22.4 Å². The summed E-state index contributed by atoms with van der Waals surface area (Å²) >= 11 is 5.87. The van der Waals surface area contributed by atoms with Crippen molar-refractivity contribution in [1.29, 1.82) is 0 Å². The zero-order chi connectivity index (χ0) is 18.1. The minimum Gasteiger partial charge on any atom is -0.506 e. The van der Waals surface area contributed by atoms with Gasteiger partial charge in [0.2, 0.25) is 0 Å². The van der Waals surface area contributed by atoms with Crippen LogP contribution in [0, 0.1) is 11.6 Å². The van der Waals surface area contributed by atoms with E-state index in [1.54, 1.807) is 24.3 Å². The Labute approximate surface area is 145 Å². The van der Waals surface area contributed by atoms with Crippen molar-refractivity contribution >= 4 is 39.9 Å². The van der Waals surface area contributed by atoms with Gasteiger partial charge in [0.05, 0.1) is 23.2 Å². The molecule has 3 aromatic rings. The SMILES string of the molecule is COC(=O)C(=C(O)c1cc(F)c(F)cc1Cl)c1nc2ccccc2[nH]1. The Bertz CT molecular complexity index is 981. The number of nitrogens with one attached hydrogen (secondary N) is 1. The first-order chi connectivity index (χ1) is 11.9. The van der Waals surface area contributed by atoms with Crippen LogP contribution in [0.1, 0.15) is 11.4 Å². The number of halogens is 3. The molecule has 5 nitrogen and oxygen atoms in total. The number of imidazole rings is 1. The summed E-state index contributed by atoms with van der Waals surface area (Å²) in [7, 11) is 1.12. The second-order valence-corrected chi connectivity index (χ2v) is 5.47. The number of carbonyl (C=O) groups excluding carboxylic acids is 1. The lowest BCUT2D eigenvalue weighted by Crippen LogP contribution is -2.09. The summed E-state index contributed by atoms with van der Waals surface area (Å²) < 4.78 is 31.4. The Morgan fingerprint density at radius 1 is 1.24 bits per heavy atom. The van der Waals surface area contributed by atoms with Crippen molar-refractivity contribution in [2.75, 3.05) is 7.11 Å². The van der Waals surface area contributed by atoms with Crippen LogP contribution in [-0.2, 0) is 9.53 Å². The van der Waals surface area contributed by atoms with E-state index in [4.69, 9.17) is 11.6 Å². The standard InChI is InChI=1S/C17H11ClF2N2O3/c1-25-17(24)14(16-21-12-4-2-3-5-13(12)22-16)15(23)8-6-10(19)11(20)7-9(8)18/h2-7,23H,1H3,(H,21,22). The lowest BCUT2D eigenvalue weighted by Gasteiger charge is -2.09. The van der Waals surface area contributed by atoms with E-state index in [-0.39, 0.29) is 22.0 Å². The van der Waals surface area contributed by atoms with E-state index in [0.717, 1.165) is 7.11 Å². The Balaban J connectivity index is 2.26. The number of esters is 1. The van der Waals surface area contributed by atoms with Gasteiger partial charge in [0, 0.05) is 5.56 Å². The van der Waals surface area contributed by atoms with Crippen LogP contribution >= 0.6 is 11.6 Å². The first kappa shape index (κ1) is 16.9. The normalized spacial score (nSPS) is 12.2. The number of aliphatic hydroxyl groups excluding tert-OH is 1. The third-order valence-corrected chi connectivity index (χ3v) is 3.83. The lowest BCUT2D eigenvalue weighted by molar-refractivity contribution is -0.133. The van der Waals surface area contributed by atoms with Gasteiger partial charge >= 0.3 is 5.97 Å². The Kier molecular flexibility index (Phi) is 4.41. The summed E-state index contributed by atoms with van der Waals surface area (Å²) in [5.74, 6) is -4.00. The van der Waals surface area contributed by atoms with Crippen molar-refractivity contribution in [2.24, 2.45) is 0 Å². The molecule has 0 saturated heterocycles. The molecule has 0 fully saturated rings. The summed E-state index contributed by atoms with van der Waals surface area (Å²) in [5, 5.41) is 10.2. The number of methoxy groups -OCH3 is 1. The quantitative estimate of drug-likeness (QED) is 0.317. The molecule has 0 spiro atoms. The Morgan fingerprint density at radius 3 is 2.60 bits per heavy atom. The van der Waals surface area contributed by atoms with E-state index in [1.807, 2.05) is 0 Å². The van der Waals surface area contributed by atoms with Crippen LogP contribution in [0.2, 0.25) is 5.02 Å². The van der Waals surface area contributed by atoms with Gasteiger partial charge in [-0.2, -0.15) is 0 Å². The first-order valence-corrected chi connectivity index (χ1v) is 7.41. The van der Waals surface area contributed by atoms with Crippen LogP contribution in [0.3, 0.4) is 0 Å². The number of aromatic amines is 1. The van der Waals surface area contributed by atoms with Crippen molar-refractivity contribution in [1.82, 2.24) is 9.97 Å². The third-order valence-electron chi connectivity index (χ3n) is 3.52. The Morgan fingerprint density at radius 2 is 1.92 bits per heavy atom. The third kappa shape index (κ3) is 3.06. The molecule has 0 amide bonds. The predicted molar refractivity (Wildman–Crippen MR) is 88.9 cm³/mol. The van der Waals surface area contributed by atoms with Gasteiger partial charge < -0.3 is 14.8 Å². The summed E-state index contributed by atoms with van der Waals surface area (Å²) in [6, 6.07) is 8.33. The number of aromatic nitrogens is 2. The number of hydrogen-bond donors (Lipinski definition) is 2. The molecule has 128 valence electrons. The molecule has 0 saturated carbocycles. The summed E-state index contributed by atoms with van der Waals surface area (Å²) in [5.41, 5.74) is 0.541. The average molecular weight is 365 g/mol. The van der Waals surface area contributed by atoms with Gasteiger partial charge in [0.15, 0.2) is 11.6 Å². The molecule has 0 unspecified atom stereocenters. The highest BCUT2D eigenvalue weighted by molar-refractivity contribution is 6.33. The molecule has 0 radical (unpaired) electrons. The molecule has 0 aliphatic carbocycles. The fraction of sp³-hybridized carbons (Fsp3) is 0.0588. The maximum Gasteiger partial charge on any atom is 0.345 e. The maximum absolute atomic E-state index is 13.5. The van der Waals surface area contributed by atoms with Gasteiger partial charge in [-0.1, -0.05) is 23.7 Å². The molecule has 25 heavy (non-hydrogen) atoms. The molecular weight excluding hydrogens is 354 g/mol. The zero-order valence-corrected chi connectivity index (χ0v) is 13.6. The molecule has 0 aliphatic heterocycles. The van der Waals surface area contributed by atoms with Gasteiger partial charge in [-0.15, -0.1) is 0 Å². The highest BCUT2D eigenvalue weighted by atomic mass is 35.5. The smallest absolute Gasteiger partial charge is 0.345 e. The van der Waals surface area contributed by atoms with E-state index < -0.39 is 23.4 Å². The number of aliphatic hydroxyl groups is 1. The van der Waals surface area contributed by atoms with Gasteiger partial charge in [0.1, 0.15) is 17.2 Å². The van der Waals surface area contributed by atoms with Crippen molar-refractivity contribution < 1.29 is 23.4 Å². The van der Waals surface area contributed by atoms with E-state index in [9.17, 15) is 18.7 Å². The van der Waals surface area contributed by atoms with E-state index in [0.29, 0.717) is 23.2 Å². The minimum atomic E-state index is -1.22. The van der Waals surface area contributed by atoms with E-state index >= 15 is 0 Å². The molecule has 1 heterocycles. The topological polar surface area (TPSA) is 75.2 Å². The fourth-order valence-electron chi connectivity index (χ4n) is 2.32. The second kappa shape index (κ2) is 6.52. The molecule has 8 heteroatoms. The van der Waals surface area contributed by atoms with E-state index in [1.165, 1.54) is 0 Å². The molecule has 0 atom stereocenters. The van der Waals surface area contributed by atoms with Crippen molar-refractivity contribution in [3.63, 3.8) is 0 Å². The van der Waals surface area contributed by atoms with Crippen LogP contribution in [0.15, 0.2) is 36.4 Å². The average Bonchev–Trinajstić information content (AvgIpc) is 3.01. The van der Waals surface area contributed by atoms with Crippen LogP contribution < -0.4 is 0 Å². The molecule has 3 rings (SSSR count). The highest BCUT2D eigenvalue weighted by Crippen LogP contribution is 2.31. The summed E-state index contributed by atoms with van der Waals surface area (Å²) in [4.78, 5) is 19.2. The fourth-order valence-corrected chi connectivity index (χ4v) is 2.56. The van der Waals surface area contributed by atoms with E-state index in [2.05, 4.69) is 14.7 Å². The van der Waals surface area contributed by atoms with Crippen molar-refractivity contribution in [3.8, 4) is 0 Å². The largest absolute Gasteiger partial charge is 0.506 e. The molecule has 0 aliphatic rings. The van der Waals surface area contributed by atoms with Gasteiger partial charge in [-0.25, -0.2) is 18.6 Å². The molecule has 0 bridgehead atoms. The number of fused-ring (bicyclic) bond motifs is 1. The van der Waals surface area contributed by atoms with Gasteiger partial charge in [-0.05, 0) is 24.3 Å². The maximum atomic E-state index is 13.5. The van der Waals surface area contributed by atoms with Crippen molar-refractivity contribution in [2.45, 2.75) is 0 Å². The second-order valence-electron chi connectivity index (χ2n) is 5.06. The van der Waals surface area contributed by atoms with Gasteiger partial charge in [0.25, 0.3) is 0 Å². The van der Waals surface area contributed by atoms with Crippen LogP contribution in [0.4, 0.5) is 8.78 Å². The number of rotatable bonds is 3. The number of H-pyrrole nitrogens is 1. The number of hydrogen-bond acceptors (Lipinski definition) is 4. The minimum absolute atomic E-state index is 0.00588. The van der Waals surface area contributed by atoms with Crippen molar-refractivity contribution in [3.05, 3.63) is 64.4 Å². The first-order valence-electron chi connectivity index (χ1n) is 7.04. The Hall–Kier alpha value is -2.93. The number of benzene rings is 2.